The maximum absolute atomic E-state index is 5.54. The van der Waals surface area contributed by atoms with E-state index in [4.69, 9.17) is 5.73 Å². The van der Waals surface area contributed by atoms with Crippen molar-refractivity contribution in [2.75, 3.05) is 11.9 Å². The lowest BCUT2D eigenvalue weighted by molar-refractivity contribution is 0.936. The number of hydrogen-bond donors (Lipinski definition) is 2. The first-order valence-electron chi connectivity index (χ1n) is 7.23. The number of pyridine rings is 1. The maximum atomic E-state index is 5.54. The molecule has 0 spiro atoms. The zero-order valence-corrected chi connectivity index (χ0v) is 13.0. The van der Waals surface area contributed by atoms with Crippen molar-refractivity contribution in [1.29, 1.82) is 0 Å². The number of nitrogens with zero attached hydrogens (tertiary/aromatic N) is 2. The Morgan fingerprint density at radius 2 is 1.73 bits per heavy atom. The van der Waals surface area contributed by atoms with Crippen molar-refractivity contribution in [2.24, 2.45) is 5.73 Å². The molecule has 3 N–H and O–H groups in total. The fraction of sp³-hybridized carbons (Fsp3) is 0.176. The van der Waals surface area contributed by atoms with Gasteiger partial charge in [0.05, 0.1) is 5.69 Å². The van der Waals surface area contributed by atoms with Crippen LogP contribution in [0, 0.1) is 0 Å². The van der Waals surface area contributed by atoms with E-state index in [9.17, 15) is 0 Å². The molecule has 0 aliphatic carbocycles. The van der Waals surface area contributed by atoms with Gasteiger partial charge in [-0.2, -0.15) is 0 Å². The summed E-state index contributed by atoms with van der Waals surface area (Å²) in [5.74, 6) is 0. The van der Waals surface area contributed by atoms with E-state index in [1.54, 1.807) is 11.3 Å². The molecule has 0 saturated heterocycles. The Labute approximate surface area is 134 Å². The Balaban J connectivity index is 1.63. The van der Waals surface area contributed by atoms with Crippen LogP contribution < -0.4 is 11.1 Å². The molecule has 0 radical (unpaired) electrons. The monoisotopic (exact) mass is 310 g/mol. The number of rotatable bonds is 6. The van der Waals surface area contributed by atoms with Gasteiger partial charge in [0.25, 0.3) is 0 Å². The number of hydrogen-bond acceptors (Lipinski definition) is 5. The third-order valence-electron chi connectivity index (χ3n) is 3.32. The fourth-order valence-electron chi connectivity index (χ4n) is 2.19. The lowest BCUT2D eigenvalue weighted by atomic mass is 10.1. The standard InChI is InChI=1S/C17H18N4S/c18-8-5-16-12-22-17(21-16)20-15-3-1-13(2-4-15)11-14-6-9-19-10-7-14/h1-4,6-7,9-10,12H,5,8,11,18H2,(H,20,21). The Morgan fingerprint density at radius 3 is 2.45 bits per heavy atom. The minimum atomic E-state index is 0.632. The van der Waals surface area contributed by atoms with Crippen LogP contribution in [0.5, 0.6) is 0 Å². The molecule has 112 valence electrons. The van der Waals surface area contributed by atoms with Crippen LogP contribution >= 0.6 is 11.3 Å². The maximum Gasteiger partial charge on any atom is 0.187 e. The second-order valence-electron chi connectivity index (χ2n) is 5.04. The largest absolute Gasteiger partial charge is 0.332 e. The predicted octanol–water partition coefficient (Wildman–Crippen LogP) is 3.37. The first-order chi connectivity index (χ1) is 10.8. The molecular weight excluding hydrogens is 292 g/mol. The van der Waals surface area contributed by atoms with Gasteiger partial charge < -0.3 is 11.1 Å². The van der Waals surface area contributed by atoms with Gasteiger partial charge in [0.15, 0.2) is 5.13 Å². The van der Waals surface area contributed by atoms with E-state index in [2.05, 4.69) is 39.6 Å². The number of benzene rings is 1. The third kappa shape index (κ3) is 3.90. The van der Waals surface area contributed by atoms with E-state index in [1.165, 1.54) is 11.1 Å². The van der Waals surface area contributed by atoms with Crippen molar-refractivity contribution in [3.05, 3.63) is 71.0 Å². The van der Waals surface area contributed by atoms with Gasteiger partial charge in [-0.3, -0.25) is 4.98 Å². The van der Waals surface area contributed by atoms with Crippen LogP contribution in [0.1, 0.15) is 16.8 Å². The summed E-state index contributed by atoms with van der Waals surface area (Å²) in [7, 11) is 0. The number of nitrogens with two attached hydrogens (primary N) is 1. The molecule has 0 aliphatic rings. The van der Waals surface area contributed by atoms with E-state index in [0.29, 0.717) is 6.54 Å². The minimum absolute atomic E-state index is 0.632. The molecule has 0 saturated carbocycles. The van der Waals surface area contributed by atoms with Crippen molar-refractivity contribution in [2.45, 2.75) is 12.8 Å². The van der Waals surface area contributed by atoms with Gasteiger partial charge in [-0.1, -0.05) is 12.1 Å². The molecule has 3 aromatic rings. The van der Waals surface area contributed by atoms with Crippen molar-refractivity contribution in [1.82, 2.24) is 9.97 Å². The van der Waals surface area contributed by atoms with Gasteiger partial charge in [0.1, 0.15) is 0 Å². The van der Waals surface area contributed by atoms with Gasteiger partial charge >= 0.3 is 0 Å². The molecule has 1 aromatic carbocycles. The van der Waals surface area contributed by atoms with E-state index < -0.39 is 0 Å². The summed E-state index contributed by atoms with van der Waals surface area (Å²) in [6.07, 6.45) is 5.39. The van der Waals surface area contributed by atoms with E-state index in [1.807, 2.05) is 29.9 Å². The summed E-state index contributed by atoms with van der Waals surface area (Å²) in [5.41, 5.74) is 10.2. The zero-order valence-electron chi connectivity index (χ0n) is 12.2. The normalized spacial score (nSPS) is 10.6. The molecule has 22 heavy (non-hydrogen) atoms. The molecular formula is C17H18N4S. The summed E-state index contributed by atoms with van der Waals surface area (Å²) < 4.78 is 0. The zero-order chi connectivity index (χ0) is 15.2. The van der Waals surface area contributed by atoms with Gasteiger partial charge in [-0.25, -0.2) is 4.98 Å². The Bertz CT molecular complexity index is 707. The fourth-order valence-corrected chi connectivity index (χ4v) is 2.96. The summed E-state index contributed by atoms with van der Waals surface area (Å²) in [6, 6.07) is 12.5. The van der Waals surface area contributed by atoms with Gasteiger partial charge in [-0.05, 0) is 48.4 Å². The lowest BCUT2D eigenvalue weighted by Gasteiger charge is -2.05. The highest BCUT2D eigenvalue weighted by Gasteiger charge is 2.02. The molecule has 5 heteroatoms. The summed E-state index contributed by atoms with van der Waals surface area (Å²) >= 11 is 1.61. The topological polar surface area (TPSA) is 63.8 Å². The molecule has 4 nitrogen and oxygen atoms in total. The second kappa shape index (κ2) is 7.15. The minimum Gasteiger partial charge on any atom is -0.332 e. The lowest BCUT2D eigenvalue weighted by Crippen LogP contribution is -2.02. The van der Waals surface area contributed by atoms with Gasteiger partial charge in [0.2, 0.25) is 0 Å². The average molecular weight is 310 g/mol. The van der Waals surface area contributed by atoms with Crippen LogP contribution in [0.25, 0.3) is 0 Å². The quantitative estimate of drug-likeness (QED) is 0.732. The van der Waals surface area contributed by atoms with Crippen LogP contribution in [-0.2, 0) is 12.8 Å². The van der Waals surface area contributed by atoms with Crippen molar-refractivity contribution in [3.63, 3.8) is 0 Å². The third-order valence-corrected chi connectivity index (χ3v) is 4.12. The molecule has 3 rings (SSSR count). The van der Waals surface area contributed by atoms with Gasteiger partial charge in [-0.15, -0.1) is 11.3 Å². The summed E-state index contributed by atoms with van der Waals surface area (Å²) in [6.45, 7) is 0.632. The number of aromatic nitrogens is 2. The first kappa shape index (κ1) is 14.7. The Morgan fingerprint density at radius 1 is 1.00 bits per heavy atom. The van der Waals surface area contributed by atoms with E-state index >= 15 is 0 Å². The highest BCUT2D eigenvalue weighted by Crippen LogP contribution is 2.22. The SMILES string of the molecule is NCCc1csc(Nc2ccc(Cc3ccncc3)cc2)n1. The average Bonchev–Trinajstić information content (AvgIpc) is 2.98. The summed E-state index contributed by atoms with van der Waals surface area (Å²) in [5, 5.41) is 6.29. The Kier molecular flexibility index (Phi) is 4.78. The van der Waals surface area contributed by atoms with Crippen LogP contribution in [0.15, 0.2) is 54.2 Å². The highest BCUT2D eigenvalue weighted by atomic mass is 32.1. The predicted molar refractivity (Wildman–Crippen MR) is 91.6 cm³/mol. The molecule has 0 unspecified atom stereocenters. The molecule has 2 heterocycles. The molecule has 2 aromatic heterocycles. The van der Waals surface area contributed by atoms with E-state index in [-0.39, 0.29) is 0 Å². The molecule has 0 bridgehead atoms. The van der Waals surface area contributed by atoms with Crippen LogP contribution in [-0.4, -0.2) is 16.5 Å². The smallest absolute Gasteiger partial charge is 0.187 e. The Hall–Kier alpha value is -2.24. The number of nitrogens with one attached hydrogen (secondary N) is 1. The first-order valence-corrected chi connectivity index (χ1v) is 8.11. The van der Waals surface area contributed by atoms with Crippen LogP contribution in [0.3, 0.4) is 0 Å². The van der Waals surface area contributed by atoms with Crippen LogP contribution in [0.4, 0.5) is 10.8 Å². The number of thiazole rings is 1. The van der Waals surface area contributed by atoms with Gasteiger partial charge in [0, 0.05) is 29.9 Å². The molecule has 0 amide bonds. The summed E-state index contributed by atoms with van der Waals surface area (Å²) in [4.78, 5) is 8.55. The molecule has 0 fully saturated rings. The number of anilines is 2. The van der Waals surface area contributed by atoms with Crippen molar-refractivity contribution in [3.8, 4) is 0 Å². The molecule has 0 aliphatic heterocycles. The molecule has 0 atom stereocenters. The van der Waals surface area contributed by atoms with Crippen molar-refractivity contribution < 1.29 is 0 Å². The van der Waals surface area contributed by atoms with Crippen LogP contribution in [0.2, 0.25) is 0 Å². The van der Waals surface area contributed by atoms with Crippen molar-refractivity contribution >= 4 is 22.2 Å². The highest BCUT2D eigenvalue weighted by molar-refractivity contribution is 7.13. The second-order valence-corrected chi connectivity index (χ2v) is 5.89. The van der Waals surface area contributed by atoms with E-state index in [0.717, 1.165) is 29.4 Å².